The van der Waals surface area contributed by atoms with Crippen molar-refractivity contribution in [1.82, 2.24) is 15.2 Å². The molecule has 0 aliphatic heterocycles. The molecule has 1 amide bonds. The van der Waals surface area contributed by atoms with E-state index in [0.717, 1.165) is 11.1 Å². The highest BCUT2D eigenvalue weighted by atomic mass is 19.4. The van der Waals surface area contributed by atoms with Gasteiger partial charge in [0.2, 0.25) is 11.8 Å². The van der Waals surface area contributed by atoms with Crippen molar-refractivity contribution in [2.24, 2.45) is 0 Å². The predicted octanol–water partition coefficient (Wildman–Crippen LogP) is 3.27. The minimum absolute atomic E-state index is 0.302. The number of ether oxygens (including phenoxy) is 1. The van der Waals surface area contributed by atoms with Crippen molar-refractivity contribution in [3.8, 4) is 5.75 Å². The highest BCUT2D eigenvalue weighted by molar-refractivity contribution is 5.90. The Hall–Kier alpha value is -2.58. The molecule has 9 heteroatoms. The van der Waals surface area contributed by atoms with Crippen molar-refractivity contribution in [2.45, 2.75) is 32.9 Å². The molecule has 2 aromatic rings. The van der Waals surface area contributed by atoms with Crippen LogP contribution in [0.3, 0.4) is 0 Å². The van der Waals surface area contributed by atoms with Gasteiger partial charge in [0.15, 0.2) is 6.61 Å². The Balaban J connectivity index is 1.96. The first-order valence-electron chi connectivity index (χ1n) is 7.19. The van der Waals surface area contributed by atoms with Gasteiger partial charge in [0.05, 0.1) is 0 Å². The Kier molecular flexibility index (Phi) is 5.10. The fourth-order valence-electron chi connectivity index (χ4n) is 1.88. The first-order chi connectivity index (χ1) is 11.2. The summed E-state index contributed by atoms with van der Waals surface area (Å²) in [5.41, 5.74) is 1.91. The second-order valence-corrected chi connectivity index (χ2v) is 5.52. The molecule has 130 valence electrons. The summed E-state index contributed by atoms with van der Waals surface area (Å²) >= 11 is 0. The van der Waals surface area contributed by atoms with Crippen LogP contribution in [-0.4, -0.2) is 27.7 Å². The standard InChI is InChI=1S/C15H17F3N4O2/c1-8(2)10-5-4-9(3)11(6-10)24-7-12(23)19-14-20-13(21-22-14)15(16,17)18/h4-6,8H,7H2,1-3H3,(H2,19,20,21,22,23). The average Bonchev–Trinajstić information content (AvgIpc) is 2.94. The number of H-pyrrole nitrogens is 1. The van der Waals surface area contributed by atoms with E-state index in [1.807, 2.05) is 39.0 Å². The lowest BCUT2D eigenvalue weighted by Gasteiger charge is -2.12. The van der Waals surface area contributed by atoms with E-state index in [1.165, 1.54) is 0 Å². The number of nitrogens with zero attached hydrogens (tertiary/aromatic N) is 2. The molecule has 0 saturated carbocycles. The van der Waals surface area contributed by atoms with Crippen molar-refractivity contribution >= 4 is 11.9 Å². The lowest BCUT2D eigenvalue weighted by molar-refractivity contribution is -0.144. The number of carbonyl (C=O) groups is 1. The number of aryl methyl sites for hydroxylation is 1. The summed E-state index contributed by atoms with van der Waals surface area (Å²) in [6, 6.07) is 5.69. The molecular weight excluding hydrogens is 325 g/mol. The first-order valence-corrected chi connectivity index (χ1v) is 7.19. The summed E-state index contributed by atoms with van der Waals surface area (Å²) in [5, 5.41) is 7.15. The normalized spacial score (nSPS) is 11.6. The Morgan fingerprint density at radius 2 is 2.08 bits per heavy atom. The van der Waals surface area contributed by atoms with E-state index in [1.54, 1.807) is 5.10 Å². The molecular formula is C15H17F3N4O2. The maximum atomic E-state index is 12.4. The summed E-state index contributed by atoms with van der Waals surface area (Å²) in [6.07, 6.45) is -4.65. The van der Waals surface area contributed by atoms with Crippen LogP contribution in [0.25, 0.3) is 0 Å². The smallest absolute Gasteiger partial charge is 0.451 e. The van der Waals surface area contributed by atoms with Crippen LogP contribution in [0.2, 0.25) is 0 Å². The molecule has 0 aliphatic carbocycles. The Morgan fingerprint density at radius 1 is 1.38 bits per heavy atom. The van der Waals surface area contributed by atoms with Crippen molar-refractivity contribution in [3.05, 3.63) is 35.2 Å². The average molecular weight is 342 g/mol. The molecule has 2 rings (SSSR count). The number of halogens is 3. The van der Waals surface area contributed by atoms with Crippen LogP contribution in [-0.2, 0) is 11.0 Å². The molecule has 0 unspecified atom stereocenters. The third-order valence-electron chi connectivity index (χ3n) is 3.24. The zero-order chi connectivity index (χ0) is 17.9. The topological polar surface area (TPSA) is 79.9 Å². The number of aromatic nitrogens is 3. The van der Waals surface area contributed by atoms with Crippen LogP contribution in [0.5, 0.6) is 5.75 Å². The molecule has 0 saturated heterocycles. The van der Waals surface area contributed by atoms with Crippen LogP contribution in [0.4, 0.5) is 19.1 Å². The Bertz CT molecular complexity index is 726. The predicted molar refractivity (Wildman–Crippen MR) is 80.8 cm³/mol. The number of anilines is 1. The number of alkyl halides is 3. The van der Waals surface area contributed by atoms with Gasteiger partial charge in [-0.15, -0.1) is 5.10 Å². The number of rotatable bonds is 5. The summed E-state index contributed by atoms with van der Waals surface area (Å²) in [7, 11) is 0. The van der Waals surface area contributed by atoms with Crippen molar-refractivity contribution < 1.29 is 22.7 Å². The number of hydrogen-bond donors (Lipinski definition) is 2. The number of benzene rings is 1. The maximum Gasteiger partial charge on any atom is 0.451 e. The van der Waals surface area contributed by atoms with Gasteiger partial charge in [-0.05, 0) is 30.0 Å². The van der Waals surface area contributed by atoms with E-state index in [4.69, 9.17) is 4.74 Å². The van der Waals surface area contributed by atoms with Gasteiger partial charge in [-0.3, -0.25) is 15.2 Å². The summed E-state index contributed by atoms with van der Waals surface area (Å²) in [6.45, 7) is 5.53. The number of hydrogen-bond acceptors (Lipinski definition) is 4. The molecule has 2 N–H and O–H groups in total. The minimum Gasteiger partial charge on any atom is -0.483 e. The van der Waals surface area contributed by atoms with E-state index in [9.17, 15) is 18.0 Å². The lowest BCUT2D eigenvalue weighted by Crippen LogP contribution is -2.21. The minimum atomic E-state index is -4.65. The second kappa shape index (κ2) is 6.90. The molecule has 0 atom stereocenters. The van der Waals surface area contributed by atoms with Crippen LogP contribution in [0.1, 0.15) is 36.7 Å². The molecule has 0 radical (unpaired) electrons. The van der Waals surface area contributed by atoms with Gasteiger partial charge >= 0.3 is 6.18 Å². The zero-order valence-electron chi connectivity index (χ0n) is 13.4. The first kappa shape index (κ1) is 17.8. The summed E-state index contributed by atoms with van der Waals surface area (Å²) < 4.78 is 42.6. The van der Waals surface area contributed by atoms with Crippen molar-refractivity contribution in [1.29, 1.82) is 0 Å². The third-order valence-corrected chi connectivity index (χ3v) is 3.24. The lowest BCUT2D eigenvalue weighted by atomic mass is 10.0. The van der Waals surface area contributed by atoms with Crippen molar-refractivity contribution in [3.63, 3.8) is 0 Å². The molecule has 6 nitrogen and oxygen atoms in total. The zero-order valence-corrected chi connectivity index (χ0v) is 13.4. The molecule has 1 aromatic heterocycles. The van der Waals surface area contributed by atoms with Crippen LogP contribution in [0.15, 0.2) is 18.2 Å². The van der Waals surface area contributed by atoms with Gasteiger partial charge in [0, 0.05) is 0 Å². The molecule has 0 aliphatic rings. The third kappa shape index (κ3) is 4.46. The Morgan fingerprint density at radius 3 is 2.67 bits per heavy atom. The van der Waals surface area contributed by atoms with Gasteiger partial charge in [0.25, 0.3) is 5.91 Å². The van der Waals surface area contributed by atoms with Gasteiger partial charge in [-0.1, -0.05) is 26.0 Å². The van der Waals surface area contributed by atoms with Crippen LogP contribution in [0, 0.1) is 6.92 Å². The quantitative estimate of drug-likeness (QED) is 0.874. The molecule has 0 fully saturated rings. The van der Waals surface area contributed by atoms with Gasteiger partial charge in [-0.2, -0.15) is 18.2 Å². The van der Waals surface area contributed by atoms with E-state index in [2.05, 4.69) is 15.4 Å². The van der Waals surface area contributed by atoms with Crippen LogP contribution >= 0.6 is 0 Å². The van der Waals surface area contributed by atoms with E-state index < -0.39 is 23.9 Å². The second-order valence-electron chi connectivity index (χ2n) is 5.52. The molecule has 24 heavy (non-hydrogen) atoms. The van der Waals surface area contributed by atoms with E-state index in [-0.39, 0.29) is 6.61 Å². The summed E-state index contributed by atoms with van der Waals surface area (Å²) in [4.78, 5) is 14.9. The molecule has 1 heterocycles. The highest BCUT2D eigenvalue weighted by Gasteiger charge is 2.35. The SMILES string of the molecule is Cc1ccc(C(C)C)cc1OCC(=O)Nc1n[nH]c(C(F)(F)F)n1. The number of amides is 1. The number of carbonyl (C=O) groups excluding carboxylic acids is 1. The number of nitrogens with one attached hydrogen (secondary N) is 2. The largest absolute Gasteiger partial charge is 0.483 e. The van der Waals surface area contributed by atoms with Crippen molar-refractivity contribution in [2.75, 3.05) is 11.9 Å². The fraction of sp³-hybridized carbons (Fsp3) is 0.400. The Labute approximate surface area is 136 Å². The van der Waals surface area contributed by atoms with E-state index in [0.29, 0.717) is 11.7 Å². The fourth-order valence-corrected chi connectivity index (χ4v) is 1.88. The van der Waals surface area contributed by atoms with Gasteiger partial charge in [-0.25, -0.2) is 0 Å². The molecule has 0 bridgehead atoms. The van der Waals surface area contributed by atoms with E-state index >= 15 is 0 Å². The monoisotopic (exact) mass is 342 g/mol. The van der Waals surface area contributed by atoms with Gasteiger partial charge < -0.3 is 4.74 Å². The summed E-state index contributed by atoms with van der Waals surface area (Å²) in [5.74, 6) is -1.54. The maximum absolute atomic E-state index is 12.4. The van der Waals surface area contributed by atoms with Crippen LogP contribution < -0.4 is 10.1 Å². The molecule has 0 spiro atoms. The van der Waals surface area contributed by atoms with Gasteiger partial charge in [0.1, 0.15) is 5.75 Å². The molecule has 1 aromatic carbocycles. The highest BCUT2D eigenvalue weighted by Crippen LogP contribution is 2.26. The number of aromatic amines is 1.